The molecule has 3 atom stereocenters. The van der Waals surface area contributed by atoms with E-state index in [0.29, 0.717) is 6.42 Å². The maximum atomic E-state index is 9.73. The van der Waals surface area contributed by atoms with Gasteiger partial charge in [0.05, 0.1) is 26.4 Å². The standard InChI is InChI=1S/C14H22O4/c1-9(7-13(16)10(2)15)12-8-11(17-3)5-6-14(12)18-4/h5-6,8-10,13,15-16H,7H2,1-4H3. The van der Waals surface area contributed by atoms with Gasteiger partial charge in [0.25, 0.3) is 0 Å². The maximum absolute atomic E-state index is 9.73. The maximum Gasteiger partial charge on any atom is 0.122 e. The van der Waals surface area contributed by atoms with E-state index in [1.54, 1.807) is 21.1 Å². The molecule has 0 fully saturated rings. The van der Waals surface area contributed by atoms with Crippen LogP contribution in [0.15, 0.2) is 18.2 Å². The van der Waals surface area contributed by atoms with E-state index < -0.39 is 12.2 Å². The molecule has 0 saturated heterocycles. The lowest BCUT2D eigenvalue weighted by atomic mass is 9.92. The number of benzene rings is 1. The molecule has 4 heteroatoms. The summed E-state index contributed by atoms with van der Waals surface area (Å²) in [4.78, 5) is 0. The van der Waals surface area contributed by atoms with Crippen molar-refractivity contribution in [2.75, 3.05) is 14.2 Å². The average molecular weight is 254 g/mol. The molecule has 0 amide bonds. The number of hydrogen-bond donors (Lipinski definition) is 2. The van der Waals surface area contributed by atoms with Crippen LogP contribution in [0, 0.1) is 0 Å². The number of methoxy groups -OCH3 is 2. The Kier molecular flexibility index (Phi) is 5.44. The molecule has 0 radical (unpaired) electrons. The average Bonchev–Trinajstić information content (AvgIpc) is 2.37. The number of ether oxygens (including phenoxy) is 2. The van der Waals surface area contributed by atoms with Gasteiger partial charge in [0.1, 0.15) is 11.5 Å². The second-order valence-electron chi connectivity index (χ2n) is 4.55. The largest absolute Gasteiger partial charge is 0.497 e. The Morgan fingerprint density at radius 1 is 1.11 bits per heavy atom. The van der Waals surface area contributed by atoms with Crippen molar-refractivity contribution >= 4 is 0 Å². The summed E-state index contributed by atoms with van der Waals surface area (Å²) in [5.74, 6) is 1.59. The van der Waals surface area contributed by atoms with Crippen molar-refractivity contribution in [2.24, 2.45) is 0 Å². The zero-order valence-corrected chi connectivity index (χ0v) is 11.4. The molecule has 1 aromatic carbocycles. The summed E-state index contributed by atoms with van der Waals surface area (Å²) in [7, 11) is 3.23. The van der Waals surface area contributed by atoms with E-state index in [9.17, 15) is 10.2 Å². The second kappa shape index (κ2) is 6.61. The molecule has 1 aromatic rings. The first kappa shape index (κ1) is 14.8. The Morgan fingerprint density at radius 2 is 1.78 bits per heavy atom. The molecule has 2 N–H and O–H groups in total. The zero-order valence-electron chi connectivity index (χ0n) is 11.4. The zero-order chi connectivity index (χ0) is 13.7. The molecule has 102 valence electrons. The normalized spacial score (nSPS) is 15.9. The van der Waals surface area contributed by atoms with Gasteiger partial charge < -0.3 is 19.7 Å². The van der Waals surface area contributed by atoms with Gasteiger partial charge in [0.15, 0.2) is 0 Å². The van der Waals surface area contributed by atoms with E-state index in [4.69, 9.17) is 9.47 Å². The molecule has 1 rings (SSSR count). The molecule has 0 heterocycles. The number of aliphatic hydroxyl groups excluding tert-OH is 2. The van der Waals surface area contributed by atoms with Crippen LogP contribution < -0.4 is 9.47 Å². The molecule has 0 saturated carbocycles. The summed E-state index contributed by atoms with van der Waals surface area (Å²) in [6.45, 7) is 3.57. The van der Waals surface area contributed by atoms with Gasteiger partial charge in [-0.05, 0) is 37.5 Å². The van der Waals surface area contributed by atoms with Crippen LogP contribution in [0.2, 0.25) is 0 Å². The first-order valence-electron chi connectivity index (χ1n) is 6.07. The highest BCUT2D eigenvalue weighted by Crippen LogP contribution is 2.33. The highest BCUT2D eigenvalue weighted by atomic mass is 16.5. The fourth-order valence-electron chi connectivity index (χ4n) is 1.91. The summed E-state index contributed by atoms with van der Waals surface area (Å²) in [5, 5.41) is 19.1. The van der Waals surface area contributed by atoms with Crippen molar-refractivity contribution in [3.05, 3.63) is 23.8 Å². The highest BCUT2D eigenvalue weighted by molar-refractivity contribution is 5.42. The fraction of sp³-hybridized carbons (Fsp3) is 0.571. The lowest BCUT2D eigenvalue weighted by Gasteiger charge is -2.21. The predicted molar refractivity (Wildman–Crippen MR) is 70.3 cm³/mol. The minimum atomic E-state index is -0.740. The summed E-state index contributed by atoms with van der Waals surface area (Å²) < 4.78 is 10.5. The smallest absolute Gasteiger partial charge is 0.122 e. The first-order valence-corrected chi connectivity index (χ1v) is 6.07. The third-order valence-electron chi connectivity index (χ3n) is 3.12. The van der Waals surface area contributed by atoms with Crippen LogP contribution in [0.4, 0.5) is 0 Å². The Morgan fingerprint density at radius 3 is 2.28 bits per heavy atom. The Bertz CT molecular complexity index is 376. The summed E-state index contributed by atoms with van der Waals surface area (Å²) in [6, 6.07) is 5.58. The summed E-state index contributed by atoms with van der Waals surface area (Å²) in [6.07, 6.45) is -0.999. The van der Waals surface area contributed by atoms with Crippen LogP contribution in [0.3, 0.4) is 0 Å². The first-order chi connectivity index (χ1) is 8.49. The van der Waals surface area contributed by atoms with Crippen molar-refractivity contribution in [1.82, 2.24) is 0 Å². The number of hydrogen-bond acceptors (Lipinski definition) is 4. The molecular formula is C14H22O4. The third-order valence-corrected chi connectivity index (χ3v) is 3.12. The van der Waals surface area contributed by atoms with Crippen LogP contribution in [0.1, 0.15) is 31.7 Å². The van der Waals surface area contributed by atoms with E-state index in [1.807, 2.05) is 25.1 Å². The van der Waals surface area contributed by atoms with Gasteiger partial charge >= 0.3 is 0 Å². The van der Waals surface area contributed by atoms with E-state index in [0.717, 1.165) is 17.1 Å². The van der Waals surface area contributed by atoms with Crippen LogP contribution in [0.25, 0.3) is 0 Å². The van der Waals surface area contributed by atoms with Gasteiger partial charge in [0.2, 0.25) is 0 Å². The molecule has 0 aliphatic carbocycles. The Hall–Kier alpha value is -1.26. The molecule has 0 aliphatic heterocycles. The molecular weight excluding hydrogens is 232 g/mol. The molecule has 3 unspecified atom stereocenters. The van der Waals surface area contributed by atoms with Crippen molar-refractivity contribution in [3.8, 4) is 11.5 Å². The number of aliphatic hydroxyl groups is 2. The summed E-state index contributed by atoms with van der Waals surface area (Å²) in [5.41, 5.74) is 0.969. The minimum absolute atomic E-state index is 0.0691. The van der Waals surface area contributed by atoms with Crippen LogP contribution in [0.5, 0.6) is 11.5 Å². The van der Waals surface area contributed by atoms with Crippen LogP contribution in [-0.2, 0) is 0 Å². The minimum Gasteiger partial charge on any atom is -0.497 e. The lowest BCUT2D eigenvalue weighted by molar-refractivity contribution is 0.0226. The Labute approximate surface area is 108 Å². The van der Waals surface area contributed by atoms with Crippen molar-refractivity contribution in [1.29, 1.82) is 0 Å². The molecule has 18 heavy (non-hydrogen) atoms. The fourth-order valence-corrected chi connectivity index (χ4v) is 1.91. The monoisotopic (exact) mass is 254 g/mol. The molecule has 0 aromatic heterocycles. The van der Waals surface area contributed by atoms with Crippen LogP contribution >= 0.6 is 0 Å². The highest BCUT2D eigenvalue weighted by Gasteiger charge is 2.19. The second-order valence-corrected chi connectivity index (χ2v) is 4.55. The molecule has 4 nitrogen and oxygen atoms in total. The van der Waals surface area contributed by atoms with Gasteiger partial charge in [-0.15, -0.1) is 0 Å². The van der Waals surface area contributed by atoms with Crippen molar-refractivity contribution in [2.45, 2.75) is 38.4 Å². The van der Waals surface area contributed by atoms with E-state index >= 15 is 0 Å². The van der Waals surface area contributed by atoms with Gasteiger partial charge in [-0.3, -0.25) is 0 Å². The predicted octanol–water partition coefficient (Wildman–Crippen LogP) is 1.94. The van der Waals surface area contributed by atoms with E-state index in [1.165, 1.54) is 0 Å². The van der Waals surface area contributed by atoms with Crippen LogP contribution in [-0.4, -0.2) is 36.6 Å². The van der Waals surface area contributed by atoms with Crippen molar-refractivity contribution < 1.29 is 19.7 Å². The summed E-state index contributed by atoms with van der Waals surface area (Å²) >= 11 is 0. The van der Waals surface area contributed by atoms with E-state index in [-0.39, 0.29) is 5.92 Å². The van der Waals surface area contributed by atoms with Gasteiger partial charge in [-0.2, -0.15) is 0 Å². The Balaban J connectivity index is 2.91. The molecule has 0 spiro atoms. The lowest BCUT2D eigenvalue weighted by Crippen LogP contribution is -2.24. The SMILES string of the molecule is COc1ccc(OC)c(C(C)CC(O)C(C)O)c1. The number of rotatable bonds is 6. The molecule has 0 aliphatic rings. The van der Waals surface area contributed by atoms with Gasteiger partial charge in [-0.25, -0.2) is 0 Å². The van der Waals surface area contributed by atoms with Gasteiger partial charge in [0, 0.05) is 5.56 Å². The van der Waals surface area contributed by atoms with Crippen molar-refractivity contribution in [3.63, 3.8) is 0 Å². The molecule has 0 bridgehead atoms. The van der Waals surface area contributed by atoms with E-state index in [2.05, 4.69) is 0 Å². The topological polar surface area (TPSA) is 58.9 Å². The quantitative estimate of drug-likeness (QED) is 0.814. The third kappa shape index (κ3) is 3.62. The van der Waals surface area contributed by atoms with Gasteiger partial charge in [-0.1, -0.05) is 6.92 Å².